The van der Waals surface area contributed by atoms with Crippen LogP contribution in [0.1, 0.15) is 66.2 Å². The van der Waals surface area contributed by atoms with Crippen LogP contribution in [0.25, 0.3) is 0 Å². The van der Waals surface area contributed by atoms with Crippen LogP contribution >= 0.6 is 0 Å². The standard InChI is InChI=1S/C15H31NO/c1-5-13(6-2)14(17)15(7-3,8-4)16-11-9-10-12-16/h13-14,17H,5-12H2,1-4H3. The summed E-state index contributed by atoms with van der Waals surface area (Å²) >= 11 is 0. The summed E-state index contributed by atoms with van der Waals surface area (Å²) in [6.45, 7) is 11.3. The van der Waals surface area contributed by atoms with Crippen LogP contribution in [0.2, 0.25) is 0 Å². The summed E-state index contributed by atoms with van der Waals surface area (Å²) in [5.74, 6) is 0.454. The fraction of sp³-hybridized carbons (Fsp3) is 1.00. The molecular weight excluding hydrogens is 210 g/mol. The molecule has 17 heavy (non-hydrogen) atoms. The SMILES string of the molecule is CCC(CC)C(O)C(CC)(CC)N1CCCC1. The first-order valence-electron chi connectivity index (χ1n) is 7.59. The summed E-state index contributed by atoms with van der Waals surface area (Å²) in [6.07, 6.45) is 6.77. The zero-order valence-corrected chi connectivity index (χ0v) is 12.2. The van der Waals surface area contributed by atoms with Crippen molar-refractivity contribution < 1.29 is 5.11 Å². The van der Waals surface area contributed by atoms with Crippen LogP contribution in [-0.2, 0) is 0 Å². The van der Waals surface area contributed by atoms with Gasteiger partial charge in [-0.15, -0.1) is 0 Å². The minimum Gasteiger partial charge on any atom is -0.391 e. The molecule has 0 aliphatic carbocycles. The van der Waals surface area contributed by atoms with E-state index >= 15 is 0 Å². The van der Waals surface area contributed by atoms with E-state index in [2.05, 4.69) is 32.6 Å². The lowest BCUT2D eigenvalue weighted by Gasteiger charge is -2.47. The Morgan fingerprint density at radius 2 is 1.47 bits per heavy atom. The Morgan fingerprint density at radius 3 is 1.82 bits per heavy atom. The Kier molecular flexibility index (Phi) is 5.94. The second-order valence-corrected chi connectivity index (χ2v) is 5.53. The van der Waals surface area contributed by atoms with Crippen LogP contribution in [0.4, 0.5) is 0 Å². The summed E-state index contributed by atoms with van der Waals surface area (Å²) < 4.78 is 0. The minimum atomic E-state index is -0.161. The van der Waals surface area contributed by atoms with Crippen LogP contribution < -0.4 is 0 Å². The van der Waals surface area contributed by atoms with Crippen LogP contribution in [0.5, 0.6) is 0 Å². The molecule has 1 aliphatic heterocycles. The fourth-order valence-corrected chi connectivity index (χ4v) is 3.64. The number of rotatable bonds is 7. The molecule has 2 nitrogen and oxygen atoms in total. The number of likely N-dealkylation sites (tertiary alicyclic amines) is 1. The summed E-state index contributed by atoms with van der Waals surface area (Å²) in [6, 6.07) is 0. The smallest absolute Gasteiger partial charge is 0.0751 e. The van der Waals surface area contributed by atoms with E-state index in [0.717, 1.165) is 25.7 Å². The monoisotopic (exact) mass is 241 g/mol. The Labute approximate surface area is 107 Å². The zero-order valence-electron chi connectivity index (χ0n) is 12.2. The molecule has 1 saturated heterocycles. The maximum Gasteiger partial charge on any atom is 0.0751 e. The van der Waals surface area contributed by atoms with E-state index in [1.54, 1.807) is 0 Å². The number of hydrogen-bond donors (Lipinski definition) is 1. The molecule has 1 heterocycles. The Hall–Kier alpha value is -0.0800. The van der Waals surface area contributed by atoms with Crippen molar-refractivity contribution in [3.8, 4) is 0 Å². The van der Waals surface area contributed by atoms with Gasteiger partial charge in [0.2, 0.25) is 0 Å². The van der Waals surface area contributed by atoms with Gasteiger partial charge in [0.1, 0.15) is 0 Å². The average Bonchev–Trinajstić information content (AvgIpc) is 2.87. The van der Waals surface area contributed by atoms with Gasteiger partial charge in [0, 0.05) is 5.54 Å². The second kappa shape index (κ2) is 6.75. The molecule has 0 bridgehead atoms. The third-order valence-electron chi connectivity index (χ3n) is 5.01. The van der Waals surface area contributed by atoms with E-state index in [-0.39, 0.29) is 11.6 Å². The highest BCUT2D eigenvalue weighted by atomic mass is 16.3. The molecule has 1 N–H and O–H groups in total. The molecule has 0 aromatic rings. The molecule has 102 valence electrons. The predicted molar refractivity (Wildman–Crippen MR) is 74.2 cm³/mol. The highest BCUT2D eigenvalue weighted by Crippen LogP contribution is 2.36. The highest BCUT2D eigenvalue weighted by Gasteiger charge is 2.43. The van der Waals surface area contributed by atoms with E-state index in [4.69, 9.17) is 0 Å². The molecule has 1 rings (SSSR count). The van der Waals surface area contributed by atoms with Gasteiger partial charge < -0.3 is 5.11 Å². The normalized spacial score (nSPS) is 20.1. The molecule has 1 aliphatic rings. The summed E-state index contributed by atoms with van der Waals surface area (Å²) in [4.78, 5) is 2.57. The number of aliphatic hydroxyl groups is 1. The first kappa shape index (κ1) is 15.0. The van der Waals surface area contributed by atoms with Crippen LogP contribution in [0.15, 0.2) is 0 Å². The molecule has 1 unspecified atom stereocenters. The topological polar surface area (TPSA) is 23.5 Å². The lowest BCUT2D eigenvalue weighted by molar-refractivity contribution is -0.0603. The molecule has 0 amide bonds. The maximum atomic E-state index is 10.8. The predicted octanol–water partition coefficient (Wildman–Crippen LogP) is 3.44. The maximum absolute atomic E-state index is 10.8. The van der Waals surface area contributed by atoms with Crippen molar-refractivity contribution in [2.24, 2.45) is 5.92 Å². The van der Waals surface area contributed by atoms with E-state index in [0.29, 0.717) is 5.92 Å². The highest BCUT2D eigenvalue weighted by molar-refractivity contribution is 4.98. The molecular formula is C15H31NO. The third-order valence-corrected chi connectivity index (χ3v) is 5.01. The van der Waals surface area contributed by atoms with Gasteiger partial charge in [0.05, 0.1) is 6.10 Å². The molecule has 0 saturated carbocycles. The van der Waals surface area contributed by atoms with E-state index in [1.807, 2.05) is 0 Å². The Balaban J connectivity index is 2.88. The zero-order chi connectivity index (χ0) is 12.9. The van der Waals surface area contributed by atoms with Crippen molar-refractivity contribution in [3.05, 3.63) is 0 Å². The Morgan fingerprint density at radius 1 is 1.00 bits per heavy atom. The second-order valence-electron chi connectivity index (χ2n) is 5.53. The molecule has 0 aromatic carbocycles. The van der Waals surface area contributed by atoms with Gasteiger partial charge in [0.15, 0.2) is 0 Å². The van der Waals surface area contributed by atoms with E-state index in [9.17, 15) is 5.11 Å². The van der Waals surface area contributed by atoms with Gasteiger partial charge in [-0.1, -0.05) is 40.5 Å². The van der Waals surface area contributed by atoms with Gasteiger partial charge >= 0.3 is 0 Å². The van der Waals surface area contributed by atoms with Gasteiger partial charge in [-0.3, -0.25) is 4.90 Å². The number of nitrogens with zero attached hydrogens (tertiary/aromatic N) is 1. The first-order valence-corrected chi connectivity index (χ1v) is 7.59. The summed E-state index contributed by atoms with van der Waals surface area (Å²) in [5, 5.41) is 10.8. The van der Waals surface area contributed by atoms with Gasteiger partial charge in [-0.05, 0) is 44.7 Å². The van der Waals surface area contributed by atoms with E-state index < -0.39 is 0 Å². The molecule has 0 aromatic heterocycles. The van der Waals surface area contributed by atoms with Crippen LogP contribution in [-0.4, -0.2) is 34.7 Å². The van der Waals surface area contributed by atoms with Crippen molar-refractivity contribution in [3.63, 3.8) is 0 Å². The van der Waals surface area contributed by atoms with Crippen molar-refractivity contribution in [1.82, 2.24) is 4.90 Å². The van der Waals surface area contributed by atoms with Crippen molar-refractivity contribution in [1.29, 1.82) is 0 Å². The van der Waals surface area contributed by atoms with E-state index in [1.165, 1.54) is 25.9 Å². The minimum absolute atomic E-state index is 0.0349. The van der Waals surface area contributed by atoms with Gasteiger partial charge in [-0.2, -0.15) is 0 Å². The summed E-state index contributed by atoms with van der Waals surface area (Å²) in [7, 11) is 0. The van der Waals surface area contributed by atoms with Crippen LogP contribution in [0, 0.1) is 5.92 Å². The van der Waals surface area contributed by atoms with Crippen molar-refractivity contribution >= 4 is 0 Å². The fourth-order valence-electron chi connectivity index (χ4n) is 3.64. The molecule has 1 fully saturated rings. The number of aliphatic hydroxyl groups excluding tert-OH is 1. The van der Waals surface area contributed by atoms with Crippen molar-refractivity contribution in [2.45, 2.75) is 77.9 Å². The van der Waals surface area contributed by atoms with Crippen molar-refractivity contribution in [2.75, 3.05) is 13.1 Å². The lowest BCUT2D eigenvalue weighted by Crippen LogP contribution is -2.57. The Bertz CT molecular complexity index is 203. The average molecular weight is 241 g/mol. The lowest BCUT2D eigenvalue weighted by atomic mass is 9.76. The third kappa shape index (κ3) is 2.85. The summed E-state index contributed by atoms with van der Waals surface area (Å²) in [5.41, 5.74) is 0.0349. The molecule has 2 heteroatoms. The largest absolute Gasteiger partial charge is 0.391 e. The molecule has 0 spiro atoms. The molecule has 0 radical (unpaired) electrons. The molecule has 1 atom stereocenters. The quantitative estimate of drug-likeness (QED) is 0.738. The first-order chi connectivity index (χ1) is 8.16. The number of hydrogen-bond acceptors (Lipinski definition) is 2. The van der Waals surface area contributed by atoms with Crippen LogP contribution in [0.3, 0.4) is 0 Å². The van der Waals surface area contributed by atoms with Gasteiger partial charge in [0.25, 0.3) is 0 Å². The van der Waals surface area contributed by atoms with Gasteiger partial charge in [-0.25, -0.2) is 0 Å².